The van der Waals surface area contributed by atoms with Gasteiger partial charge in [0.1, 0.15) is 18.3 Å². The number of halogens is 2. The highest BCUT2D eigenvalue weighted by atomic mass is 35.5. The van der Waals surface area contributed by atoms with Crippen LogP contribution < -0.4 is 5.73 Å². The average molecular weight is 342 g/mol. The number of alkyl halides is 1. The van der Waals surface area contributed by atoms with Gasteiger partial charge in [-0.05, 0) is 12.5 Å². The molecule has 1 aliphatic heterocycles. The van der Waals surface area contributed by atoms with E-state index in [1.54, 1.807) is 6.07 Å². The molecule has 2 N–H and O–H groups in total. The third-order valence-corrected chi connectivity index (χ3v) is 3.82. The number of amides is 1. The summed E-state index contributed by atoms with van der Waals surface area (Å²) in [6.45, 7) is 1.99. The lowest BCUT2D eigenvalue weighted by Gasteiger charge is -2.25. The van der Waals surface area contributed by atoms with E-state index in [0.29, 0.717) is 12.1 Å². The number of hydrogen-bond donors (Lipinski definition) is 1. The number of nitrogens with zero attached hydrogens (tertiary/aromatic N) is 2. The second kappa shape index (κ2) is 8.70. The summed E-state index contributed by atoms with van der Waals surface area (Å²) in [5.41, 5.74) is 7.24. The van der Waals surface area contributed by atoms with Crippen molar-refractivity contribution in [3.05, 3.63) is 29.8 Å². The minimum atomic E-state index is -1.14. The average Bonchev–Trinajstić information content (AvgIpc) is 2.90. The first-order valence-corrected chi connectivity index (χ1v) is 7.36. The molecule has 1 aromatic rings. The molecule has 1 aliphatic rings. The Morgan fingerprint density at radius 3 is 2.87 bits per heavy atom. The van der Waals surface area contributed by atoms with Crippen LogP contribution in [0.15, 0.2) is 24.3 Å². The molecule has 0 aromatic heterocycles. The Kier molecular flexibility index (Phi) is 7.27. The fraction of sp³-hybridized carbons (Fsp3) is 0.500. The molecule has 1 unspecified atom stereocenters. The summed E-state index contributed by atoms with van der Waals surface area (Å²) < 4.78 is 19.1. The number of anilines is 1. The molecule has 23 heavy (non-hydrogen) atoms. The van der Waals surface area contributed by atoms with E-state index in [4.69, 9.17) is 15.7 Å². The van der Waals surface area contributed by atoms with Gasteiger partial charge >= 0.3 is 0 Å². The number of carbonyl (C=O) groups excluding carboxylic acids is 1. The van der Waals surface area contributed by atoms with Gasteiger partial charge in [-0.3, -0.25) is 4.79 Å². The largest absolute Gasteiger partial charge is 0.398 e. The van der Waals surface area contributed by atoms with Crippen molar-refractivity contribution in [2.75, 3.05) is 12.3 Å². The first-order valence-electron chi connectivity index (χ1n) is 7.36. The molecule has 7 heteroatoms. The molecule has 1 fully saturated rings. The van der Waals surface area contributed by atoms with Crippen molar-refractivity contribution in [2.24, 2.45) is 0 Å². The van der Waals surface area contributed by atoms with E-state index >= 15 is 0 Å². The quantitative estimate of drug-likeness (QED) is 0.834. The molecule has 3 atom stereocenters. The second-order valence-electron chi connectivity index (χ2n) is 5.38. The summed E-state index contributed by atoms with van der Waals surface area (Å²) in [5.74, 6) is -0.330. The maximum absolute atomic E-state index is 13.4. The van der Waals surface area contributed by atoms with Gasteiger partial charge in [0.2, 0.25) is 0 Å². The number of ether oxygens (including phenoxy) is 1. The predicted molar refractivity (Wildman–Crippen MR) is 87.6 cm³/mol. The van der Waals surface area contributed by atoms with E-state index < -0.39 is 18.3 Å². The number of carbonyl (C=O) groups is 1. The summed E-state index contributed by atoms with van der Waals surface area (Å²) in [5, 5.41) is 9.03. The van der Waals surface area contributed by atoms with Crippen molar-refractivity contribution in [1.29, 1.82) is 5.26 Å². The molecule has 0 aliphatic carbocycles. The standard InChI is InChI=1S/C16H20FN3O2.ClH/c1-2-15(22-10-11-5-3-4-6-14(11)19)16(21)20-9-12(17)7-13(20)8-18;/h3-6,12-13,15H,2,7,9-10,19H2,1H3;1H/t12-,13-,15?;/m0./s1. The highest BCUT2D eigenvalue weighted by Crippen LogP contribution is 2.22. The highest BCUT2D eigenvalue weighted by Gasteiger charge is 2.38. The number of nitrogens with two attached hydrogens (primary N) is 1. The summed E-state index contributed by atoms with van der Waals surface area (Å²) in [6, 6.07) is 8.54. The minimum absolute atomic E-state index is 0. The highest BCUT2D eigenvalue weighted by molar-refractivity contribution is 5.85. The molecule has 0 radical (unpaired) electrons. The normalized spacial score (nSPS) is 21.3. The maximum Gasteiger partial charge on any atom is 0.252 e. The van der Waals surface area contributed by atoms with E-state index in [-0.39, 0.29) is 37.9 Å². The van der Waals surface area contributed by atoms with Gasteiger partial charge in [-0.25, -0.2) is 4.39 Å². The Morgan fingerprint density at radius 1 is 1.57 bits per heavy atom. The third kappa shape index (κ3) is 4.57. The summed E-state index contributed by atoms with van der Waals surface area (Å²) in [4.78, 5) is 13.7. The number of nitrogen functional groups attached to an aromatic ring is 1. The molecule has 0 bridgehead atoms. The third-order valence-electron chi connectivity index (χ3n) is 3.82. The lowest BCUT2D eigenvalue weighted by Crippen LogP contribution is -2.42. The Labute approximate surface area is 141 Å². The van der Waals surface area contributed by atoms with Crippen molar-refractivity contribution < 1.29 is 13.9 Å². The SMILES string of the molecule is CCC(OCc1ccccc1N)C(=O)N1C[C@@H](F)C[C@H]1C#N.Cl. The molecule has 2 rings (SSSR count). The van der Waals surface area contributed by atoms with Gasteiger partial charge in [-0.1, -0.05) is 25.1 Å². The van der Waals surface area contributed by atoms with Gasteiger partial charge in [0.25, 0.3) is 5.91 Å². The number of para-hydroxylation sites is 1. The first kappa shape index (κ1) is 19.2. The number of benzene rings is 1. The van der Waals surface area contributed by atoms with Crippen molar-refractivity contribution in [3.8, 4) is 6.07 Å². The van der Waals surface area contributed by atoms with Crippen LogP contribution in [0.2, 0.25) is 0 Å². The molecule has 126 valence electrons. The van der Waals surface area contributed by atoms with Gasteiger partial charge < -0.3 is 15.4 Å². The number of nitriles is 1. The molecular weight excluding hydrogens is 321 g/mol. The predicted octanol–water partition coefficient (Wildman–Crippen LogP) is 2.45. The maximum atomic E-state index is 13.4. The molecule has 1 heterocycles. The summed E-state index contributed by atoms with van der Waals surface area (Å²) in [6.07, 6.45) is -1.31. The second-order valence-corrected chi connectivity index (χ2v) is 5.38. The van der Waals surface area contributed by atoms with Crippen LogP contribution >= 0.6 is 12.4 Å². The van der Waals surface area contributed by atoms with Crippen molar-refractivity contribution in [1.82, 2.24) is 4.90 Å². The smallest absolute Gasteiger partial charge is 0.252 e. The van der Waals surface area contributed by atoms with E-state index in [0.717, 1.165) is 5.56 Å². The number of likely N-dealkylation sites (tertiary alicyclic amines) is 1. The van der Waals surface area contributed by atoms with Gasteiger partial charge in [-0.2, -0.15) is 5.26 Å². The zero-order valence-corrected chi connectivity index (χ0v) is 13.8. The number of hydrogen-bond acceptors (Lipinski definition) is 4. The monoisotopic (exact) mass is 341 g/mol. The summed E-state index contributed by atoms with van der Waals surface area (Å²) in [7, 11) is 0. The van der Waals surface area contributed by atoms with Gasteiger partial charge in [0, 0.05) is 17.7 Å². The van der Waals surface area contributed by atoms with E-state index in [9.17, 15) is 9.18 Å². The molecule has 0 spiro atoms. The molecule has 1 amide bonds. The van der Waals surface area contributed by atoms with Gasteiger partial charge in [0.05, 0.1) is 19.2 Å². The molecule has 0 saturated carbocycles. The van der Waals surface area contributed by atoms with Crippen LogP contribution in [0.4, 0.5) is 10.1 Å². The number of rotatable bonds is 5. The van der Waals surface area contributed by atoms with Gasteiger partial charge in [0.15, 0.2) is 0 Å². The van der Waals surface area contributed by atoms with Crippen LogP contribution in [-0.4, -0.2) is 35.7 Å². The van der Waals surface area contributed by atoms with Gasteiger partial charge in [-0.15, -0.1) is 12.4 Å². The van der Waals surface area contributed by atoms with Crippen LogP contribution in [0.5, 0.6) is 0 Å². The van der Waals surface area contributed by atoms with Crippen LogP contribution in [0.1, 0.15) is 25.3 Å². The van der Waals surface area contributed by atoms with Crippen LogP contribution in [-0.2, 0) is 16.1 Å². The van der Waals surface area contributed by atoms with Crippen molar-refractivity contribution in [2.45, 2.75) is 44.7 Å². The molecule has 5 nitrogen and oxygen atoms in total. The van der Waals surface area contributed by atoms with Crippen molar-refractivity contribution in [3.63, 3.8) is 0 Å². The molecular formula is C16H21ClFN3O2. The Balaban J connectivity index is 0.00000264. The van der Waals surface area contributed by atoms with E-state index in [1.807, 2.05) is 31.2 Å². The van der Waals surface area contributed by atoms with E-state index in [2.05, 4.69) is 0 Å². The lowest BCUT2D eigenvalue weighted by molar-refractivity contribution is -0.145. The fourth-order valence-electron chi connectivity index (χ4n) is 2.56. The first-order chi connectivity index (χ1) is 10.6. The minimum Gasteiger partial charge on any atom is -0.398 e. The Hall–Kier alpha value is -1.84. The zero-order valence-electron chi connectivity index (χ0n) is 12.9. The molecule has 1 saturated heterocycles. The summed E-state index contributed by atoms with van der Waals surface area (Å²) >= 11 is 0. The van der Waals surface area contributed by atoms with E-state index in [1.165, 1.54) is 4.90 Å². The van der Waals surface area contributed by atoms with Crippen LogP contribution in [0, 0.1) is 11.3 Å². The topological polar surface area (TPSA) is 79.3 Å². The van der Waals surface area contributed by atoms with Crippen molar-refractivity contribution >= 4 is 24.0 Å². The van der Waals surface area contributed by atoms with Crippen LogP contribution in [0.25, 0.3) is 0 Å². The Bertz CT molecular complexity index is 579. The van der Waals surface area contributed by atoms with Crippen LogP contribution in [0.3, 0.4) is 0 Å². The molecule has 1 aromatic carbocycles. The zero-order chi connectivity index (χ0) is 16.1. The fourth-order valence-corrected chi connectivity index (χ4v) is 2.56. The Morgan fingerprint density at radius 2 is 2.26 bits per heavy atom. The lowest BCUT2D eigenvalue weighted by atomic mass is 10.2.